The minimum absolute atomic E-state index is 0.513. The molecule has 0 nitrogen and oxygen atoms in total. The molecular formula is C11H13ClS. The molecule has 0 aliphatic heterocycles. The molecule has 70 valence electrons. The van der Waals surface area contributed by atoms with Gasteiger partial charge in [-0.05, 0) is 29.4 Å². The molecule has 0 N–H and O–H groups in total. The minimum Gasteiger partial charge on any atom is -0.179 e. The van der Waals surface area contributed by atoms with Crippen molar-refractivity contribution in [3.05, 3.63) is 40.9 Å². The van der Waals surface area contributed by atoms with E-state index in [1.165, 1.54) is 5.56 Å². The summed E-state index contributed by atoms with van der Waals surface area (Å²) in [7, 11) is 0. The van der Waals surface area contributed by atoms with E-state index in [0.29, 0.717) is 5.92 Å². The number of allylic oxidation sites excluding steroid dienone is 1. The lowest BCUT2D eigenvalue weighted by molar-refractivity contribution is 0.855. The summed E-state index contributed by atoms with van der Waals surface area (Å²) in [5.41, 5.74) is 1.18. The van der Waals surface area contributed by atoms with Gasteiger partial charge in [0.2, 0.25) is 0 Å². The molecule has 0 aliphatic rings. The summed E-state index contributed by atoms with van der Waals surface area (Å²) in [6.07, 6.45) is 4.24. The molecule has 0 heterocycles. The van der Waals surface area contributed by atoms with Crippen LogP contribution < -0.4 is 0 Å². The van der Waals surface area contributed by atoms with Gasteiger partial charge in [-0.3, -0.25) is 0 Å². The molecule has 0 saturated heterocycles. The third-order valence-electron chi connectivity index (χ3n) is 1.78. The molecule has 1 aromatic carbocycles. The fourth-order valence-electron chi connectivity index (χ4n) is 0.910. The maximum atomic E-state index is 5.77. The third-order valence-corrected chi connectivity index (χ3v) is 2.60. The van der Waals surface area contributed by atoms with Crippen molar-refractivity contribution in [1.82, 2.24) is 0 Å². The van der Waals surface area contributed by atoms with E-state index in [2.05, 4.69) is 31.7 Å². The van der Waals surface area contributed by atoms with Gasteiger partial charge in [-0.2, -0.15) is 12.6 Å². The first-order valence-electron chi connectivity index (χ1n) is 4.27. The molecule has 0 amide bonds. The Balaban J connectivity index is 2.64. The van der Waals surface area contributed by atoms with Gasteiger partial charge in [-0.1, -0.05) is 42.8 Å². The van der Waals surface area contributed by atoms with Crippen molar-refractivity contribution in [2.45, 2.75) is 6.92 Å². The molecule has 2 heteroatoms. The van der Waals surface area contributed by atoms with Crippen LogP contribution in [-0.4, -0.2) is 5.75 Å². The van der Waals surface area contributed by atoms with Crippen LogP contribution in [0, 0.1) is 5.92 Å². The van der Waals surface area contributed by atoms with Gasteiger partial charge in [0.05, 0.1) is 0 Å². The molecule has 0 unspecified atom stereocenters. The standard InChI is InChI=1S/C11H13ClS/c1-9(8-13)2-3-10-4-6-11(12)7-5-10/h2-7,9,13H,8H2,1H3/b3-2+/t9-/m0/s1. The molecule has 0 aromatic heterocycles. The van der Waals surface area contributed by atoms with Crippen molar-refractivity contribution in [1.29, 1.82) is 0 Å². The lowest BCUT2D eigenvalue weighted by Crippen LogP contribution is -1.88. The van der Waals surface area contributed by atoms with Crippen molar-refractivity contribution >= 4 is 30.3 Å². The lowest BCUT2D eigenvalue weighted by Gasteiger charge is -1.99. The molecular weight excluding hydrogens is 200 g/mol. The Morgan fingerprint density at radius 2 is 2.00 bits per heavy atom. The van der Waals surface area contributed by atoms with E-state index < -0.39 is 0 Å². The van der Waals surface area contributed by atoms with Crippen LogP contribution >= 0.6 is 24.2 Å². The van der Waals surface area contributed by atoms with Crippen LogP contribution in [0.5, 0.6) is 0 Å². The van der Waals surface area contributed by atoms with Gasteiger partial charge in [0.25, 0.3) is 0 Å². The average molecular weight is 213 g/mol. The molecule has 1 aromatic rings. The molecule has 0 spiro atoms. The second kappa shape index (κ2) is 5.36. The zero-order chi connectivity index (χ0) is 9.68. The number of thiol groups is 1. The summed E-state index contributed by atoms with van der Waals surface area (Å²) in [6.45, 7) is 2.14. The van der Waals surface area contributed by atoms with Crippen molar-refractivity contribution < 1.29 is 0 Å². The molecule has 0 radical (unpaired) electrons. The quantitative estimate of drug-likeness (QED) is 0.722. The number of halogens is 1. The average Bonchev–Trinajstić information content (AvgIpc) is 2.16. The predicted molar refractivity (Wildman–Crippen MR) is 63.5 cm³/mol. The van der Waals surface area contributed by atoms with Crippen LogP contribution in [-0.2, 0) is 0 Å². The first-order valence-corrected chi connectivity index (χ1v) is 5.28. The van der Waals surface area contributed by atoms with E-state index in [9.17, 15) is 0 Å². The summed E-state index contributed by atoms with van der Waals surface area (Å²) >= 11 is 9.97. The van der Waals surface area contributed by atoms with E-state index >= 15 is 0 Å². The number of hydrogen-bond donors (Lipinski definition) is 1. The smallest absolute Gasteiger partial charge is 0.0406 e. The Morgan fingerprint density at radius 3 is 2.54 bits per heavy atom. The van der Waals surface area contributed by atoms with Gasteiger partial charge in [0.15, 0.2) is 0 Å². The topological polar surface area (TPSA) is 0 Å². The van der Waals surface area contributed by atoms with Gasteiger partial charge >= 0.3 is 0 Å². The van der Waals surface area contributed by atoms with E-state index in [1.807, 2.05) is 24.3 Å². The summed E-state index contributed by atoms with van der Waals surface area (Å²) < 4.78 is 0. The first-order chi connectivity index (χ1) is 6.22. The highest BCUT2D eigenvalue weighted by Crippen LogP contribution is 2.11. The largest absolute Gasteiger partial charge is 0.179 e. The van der Waals surface area contributed by atoms with Gasteiger partial charge in [0, 0.05) is 5.02 Å². The fourth-order valence-corrected chi connectivity index (χ4v) is 1.16. The third kappa shape index (κ3) is 3.88. The van der Waals surface area contributed by atoms with Gasteiger partial charge in [-0.15, -0.1) is 0 Å². The summed E-state index contributed by atoms with van der Waals surface area (Å²) in [4.78, 5) is 0. The van der Waals surface area contributed by atoms with Crippen molar-refractivity contribution in [3.8, 4) is 0 Å². The maximum absolute atomic E-state index is 5.77. The highest BCUT2D eigenvalue weighted by molar-refractivity contribution is 7.80. The number of hydrogen-bond acceptors (Lipinski definition) is 1. The summed E-state index contributed by atoms with van der Waals surface area (Å²) in [5, 5.41) is 0.777. The van der Waals surface area contributed by atoms with E-state index in [4.69, 9.17) is 11.6 Å². The zero-order valence-corrected chi connectivity index (χ0v) is 9.22. The van der Waals surface area contributed by atoms with Crippen molar-refractivity contribution in [2.24, 2.45) is 5.92 Å². The summed E-state index contributed by atoms with van der Waals surface area (Å²) in [5.74, 6) is 1.39. The Labute approximate surface area is 90.0 Å². The Morgan fingerprint density at radius 1 is 1.38 bits per heavy atom. The highest BCUT2D eigenvalue weighted by atomic mass is 35.5. The van der Waals surface area contributed by atoms with Crippen LogP contribution in [0.15, 0.2) is 30.3 Å². The molecule has 1 rings (SSSR count). The first kappa shape index (κ1) is 10.7. The maximum Gasteiger partial charge on any atom is 0.0406 e. The number of rotatable bonds is 3. The molecule has 1 atom stereocenters. The van der Waals surface area contributed by atoms with Crippen LogP contribution in [0.25, 0.3) is 6.08 Å². The van der Waals surface area contributed by atoms with Crippen LogP contribution in [0.3, 0.4) is 0 Å². The van der Waals surface area contributed by atoms with Crippen LogP contribution in [0.1, 0.15) is 12.5 Å². The SMILES string of the molecule is C[C@@H](/C=C/c1ccc(Cl)cc1)CS. The lowest BCUT2D eigenvalue weighted by atomic mass is 10.1. The van der Waals surface area contributed by atoms with Crippen molar-refractivity contribution in [3.63, 3.8) is 0 Å². The predicted octanol–water partition coefficient (Wildman–Crippen LogP) is 3.92. The monoisotopic (exact) mass is 212 g/mol. The second-order valence-corrected chi connectivity index (χ2v) is 3.87. The molecule has 13 heavy (non-hydrogen) atoms. The minimum atomic E-state index is 0.513. The molecule has 0 aliphatic carbocycles. The summed E-state index contributed by atoms with van der Waals surface area (Å²) in [6, 6.07) is 7.80. The number of benzene rings is 1. The molecule has 0 fully saturated rings. The van der Waals surface area contributed by atoms with Gasteiger partial charge < -0.3 is 0 Å². The zero-order valence-electron chi connectivity index (χ0n) is 7.57. The highest BCUT2D eigenvalue weighted by Gasteiger charge is 1.92. The Bertz CT molecular complexity index is 277. The van der Waals surface area contributed by atoms with E-state index in [-0.39, 0.29) is 0 Å². The van der Waals surface area contributed by atoms with E-state index in [0.717, 1.165) is 10.8 Å². The Kier molecular flexibility index (Phi) is 4.40. The van der Waals surface area contributed by atoms with Crippen LogP contribution in [0.4, 0.5) is 0 Å². The molecule has 0 bridgehead atoms. The normalized spacial score (nSPS) is 13.5. The fraction of sp³-hybridized carbons (Fsp3) is 0.273. The van der Waals surface area contributed by atoms with Crippen LogP contribution in [0.2, 0.25) is 5.02 Å². The van der Waals surface area contributed by atoms with Gasteiger partial charge in [-0.25, -0.2) is 0 Å². The van der Waals surface area contributed by atoms with Crippen molar-refractivity contribution in [2.75, 3.05) is 5.75 Å². The van der Waals surface area contributed by atoms with E-state index in [1.54, 1.807) is 0 Å². The Hall–Kier alpha value is -0.400. The second-order valence-electron chi connectivity index (χ2n) is 3.07. The van der Waals surface area contributed by atoms with Gasteiger partial charge in [0.1, 0.15) is 0 Å². The molecule has 0 saturated carbocycles.